The molecule has 0 saturated carbocycles. The van der Waals surface area contributed by atoms with Gasteiger partial charge in [0.15, 0.2) is 0 Å². The molecule has 1 saturated heterocycles. The number of piperazine rings is 1. The molecule has 6 heteroatoms. The van der Waals surface area contributed by atoms with E-state index in [1.54, 1.807) is 7.11 Å². The number of nitrogens with one attached hydrogen (secondary N) is 1. The number of methoxy groups -OCH3 is 1. The van der Waals surface area contributed by atoms with Crippen molar-refractivity contribution in [2.24, 2.45) is 0 Å². The second-order valence-corrected chi connectivity index (χ2v) is 7.70. The summed E-state index contributed by atoms with van der Waals surface area (Å²) in [5.41, 5.74) is 4.83. The van der Waals surface area contributed by atoms with Crippen LogP contribution < -0.4 is 9.64 Å². The first-order valence-corrected chi connectivity index (χ1v) is 10.2. The van der Waals surface area contributed by atoms with Gasteiger partial charge >= 0.3 is 0 Å². The number of para-hydroxylation sites is 2. The third-order valence-electron chi connectivity index (χ3n) is 5.88. The van der Waals surface area contributed by atoms with Crippen molar-refractivity contribution in [1.29, 1.82) is 0 Å². The number of nitrogens with zero attached hydrogens (tertiary/aromatic N) is 3. The fourth-order valence-electron chi connectivity index (χ4n) is 4.36. The molecule has 0 spiro atoms. The molecule has 2 aromatic heterocycles. The maximum Gasteiger partial charge on any atom is 0.270 e. The number of fused-ring (bicyclic) bond motifs is 2. The van der Waals surface area contributed by atoms with Gasteiger partial charge in [0.05, 0.1) is 12.8 Å². The highest BCUT2D eigenvalue weighted by molar-refractivity contribution is 5.99. The largest absolute Gasteiger partial charge is 0.494 e. The quantitative estimate of drug-likeness (QED) is 0.565. The van der Waals surface area contributed by atoms with E-state index in [1.807, 2.05) is 53.6 Å². The number of aromatic amines is 1. The molecule has 152 valence electrons. The average Bonchev–Trinajstić information content (AvgIpc) is 3.22. The normalized spacial score (nSPS) is 14.5. The summed E-state index contributed by atoms with van der Waals surface area (Å²) in [7, 11) is 1.67. The van der Waals surface area contributed by atoms with E-state index >= 15 is 0 Å². The first-order chi connectivity index (χ1) is 14.7. The van der Waals surface area contributed by atoms with E-state index in [0.29, 0.717) is 18.8 Å². The van der Waals surface area contributed by atoms with Gasteiger partial charge in [-0.05, 0) is 30.7 Å². The predicted molar refractivity (Wildman–Crippen MR) is 119 cm³/mol. The van der Waals surface area contributed by atoms with E-state index in [-0.39, 0.29) is 5.91 Å². The number of amides is 1. The molecular formula is C24H24N4O2. The topological polar surface area (TPSA) is 61.5 Å². The lowest BCUT2D eigenvalue weighted by Crippen LogP contribution is -2.49. The van der Waals surface area contributed by atoms with Crippen LogP contribution in [0.3, 0.4) is 0 Å². The van der Waals surface area contributed by atoms with E-state index in [2.05, 4.69) is 27.9 Å². The summed E-state index contributed by atoms with van der Waals surface area (Å²) >= 11 is 0. The molecule has 2 aromatic carbocycles. The molecule has 0 radical (unpaired) electrons. The van der Waals surface area contributed by atoms with Crippen LogP contribution in [-0.2, 0) is 0 Å². The summed E-state index contributed by atoms with van der Waals surface area (Å²) in [6, 6.07) is 15.9. The Bertz CT molecular complexity index is 1210. The first kappa shape index (κ1) is 18.5. The molecule has 0 atom stereocenters. The van der Waals surface area contributed by atoms with Gasteiger partial charge in [0.1, 0.15) is 17.0 Å². The molecule has 1 amide bonds. The summed E-state index contributed by atoms with van der Waals surface area (Å²) < 4.78 is 5.49. The van der Waals surface area contributed by atoms with Crippen LogP contribution in [0.4, 0.5) is 5.69 Å². The molecule has 1 aliphatic heterocycles. The number of aryl methyl sites for hydroxylation is 1. The fourth-order valence-corrected chi connectivity index (χ4v) is 4.36. The van der Waals surface area contributed by atoms with Gasteiger partial charge in [0, 0.05) is 48.7 Å². The van der Waals surface area contributed by atoms with E-state index in [9.17, 15) is 4.79 Å². The predicted octanol–water partition coefficient (Wildman–Crippen LogP) is 4.00. The minimum atomic E-state index is 0.0591. The van der Waals surface area contributed by atoms with Gasteiger partial charge in [0.25, 0.3) is 5.91 Å². The van der Waals surface area contributed by atoms with Gasteiger partial charge in [-0.1, -0.05) is 30.3 Å². The highest BCUT2D eigenvalue weighted by Crippen LogP contribution is 2.34. The van der Waals surface area contributed by atoms with Crippen molar-refractivity contribution in [3.05, 3.63) is 66.0 Å². The summed E-state index contributed by atoms with van der Waals surface area (Å²) in [4.78, 5) is 25.2. The van der Waals surface area contributed by atoms with Crippen LogP contribution in [0.15, 0.2) is 54.7 Å². The second kappa shape index (κ2) is 7.37. The number of anilines is 1. The standard InChI is InChI=1S/C24H24N4O2/c1-16-15-25-22-18(7-5-9-21(22)30-2)23(16)27-10-12-28(13-11-27)24(29)20-14-17-6-3-4-8-19(17)26-20/h3-9,14-15,26H,10-13H2,1-2H3. The van der Waals surface area contributed by atoms with E-state index in [0.717, 1.165) is 46.2 Å². The first-order valence-electron chi connectivity index (χ1n) is 10.2. The Kier molecular flexibility index (Phi) is 4.54. The van der Waals surface area contributed by atoms with E-state index in [4.69, 9.17) is 4.74 Å². The number of pyridine rings is 1. The Morgan fingerprint density at radius 1 is 1.07 bits per heavy atom. The summed E-state index contributed by atoms with van der Waals surface area (Å²) in [5, 5.41) is 2.15. The van der Waals surface area contributed by atoms with Gasteiger partial charge in [-0.3, -0.25) is 9.78 Å². The Hall–Kier alpha value is -3.54. The van der Waals surface area contributed by atoms with Crippen LogP contribution in [0.2, 0.25) is 0 Å². The van der Waals surface area contributed by atoms with E-state index < -0.39 is 0 Å². The third kappa shape index (κ3) is 3.05. The molecular weight excluding hydrogens is 376 g/mol. The SMILES string of the molecule is COc1cccc2c(N3CCN(C(=O)c4cc5ccccc5[nH]4)CC3)c(C)cnc12. The monoisotopic (exact) mass is 400 g/mol. The molecule has 0 bridgehead atoms. The molecule has 30 heavy (non-hydrogen) atoms. The van der Waals surface area contributed by atoms with Crippen molar-refractivity contribution in [2.75, 3.05) is 38.2 Å². The van der Waals surface area contributed by atoms with Crippen LogP contribution in [0.25, 0.3) is 21.8 Å². The van der Waals surface area contributed by atoms with Crippen LogP contribution in [0.5, 0.6) is 5.75 Å². The molecule has 0 aliphatic carbocycles. The Balaban J connectivity index is 1.38. The van der Waals surface area contributed by atoms with Gasteiger partial charge in [0.2, 0.25) is 0 Å². The molecule has 1 aliphatic rings. The number of hydrogen-bond acceptors (Lipinski definition) is 4. The minimum Gasteiger partial charge on any atom is -0.494 e. The lowest BCUT2D eigenvalue weighted by molar-refractivity contribution is 0.0742. The van der Waals surface area contributed by atoms with Gasteiger partial charge in [-0.2, -0.15) is 0 Å². The number of benzene rings is 2. The number of aromatic nitrogens is 2. The van der Waals surface area contributed by atoms with Crippen LogP contribution in [-0.4, -0.2) is 54.1 Å². The second-order valence-electron chi connectivity index (χ2n) is 7.70. The Morgan fingerprint density at radius 3 is 2.63 bits per heavy atom. The number of H-pyrrole nitrogens is 1. The average molecular weight is 400 g/mol. The number of carbonyl (C=O) groups is 1. The maximum atomic E-state index is 13.0. The van der Waals surface area contributed by atoms with Gasteiger partial charge in [-0.25, -0.2) is 0 Å². The summed E-state index contributed by atoms with van der Waals surface area (Å²) in [6.07, 6.45) is 1.90. The minimum absolute atomic E-state index is 0.0591. The lowest BCUT2D eigenvalue weighted by Gasteiger charge is -2.37. The molecule has 5 rings (SSSR count). The van der Waals surface area contributed by atoms with Gasteiger partial charge in [-0.15, -0.1) is 0 Å². The number of ether oxygens (including phenoxy) is 1. The zero-order chi connectivity index (χ0) is 20.7. The zero-order valence-electron chi connectivity index (χ0n) is 17.2. The molecule has 0 unspecified atom stereocenters. The third-order valence-corrected chi connectivity index (χ3v) is 5.88. The lowest BCUT2D eigenvalue weighted by atomic mass is 10.1. The van der Waals surface area contributed by atoms with Crippen molar-refractivity contribution in [2.45, 2.75) is 6.92 Å². The fraction of sp³-hybridized carbons (Fsp3) is 0.250. The number of carbonyl (C=O) groups excluding carboxylic acids is 1. The van der Waals surface area contributed by atoms with Crippen molar-refractivity contribution < 1.29 is 9.53 Å². The number of hydrogen-bond donors (Lipinski definition) is 1. The highest BCUT2D eigenvalue weighted by atomic mass is 16.5. The molecule has 1 N–H and O–H groups in total. The van der Waals surface area contributed by atoms with E-state index in [1.165, 1.54) is 5.69 Å². The zero-order valence-corrected chi connectivity index (χ0v) is 17.2. The summed E-state index contributed by atoms with van der Waals surface area (Å²) in [5.74, 6) is 0.838. The highest BCUT2D eigenvalue weighted by Gasteiger charge is 2.25. The molecule has 4 aromatic rings. The van der Waals surface area contributed by atoms with Crippen molar-refractivity contribution in [1.82, 2.24) is 14.9 Å². The maximum absolute atomic E-state index is 13.0. The molecule has 1 fully saturated rings. The smallest absolute Gasteiger partial charge is 0.270 e. The van der Waals surface area contributed by atoms with Crippen LogP contribution >= 0.6 is 0 Å². The molecule has 6 nitrogen and oxygen atoms in total. The van der Waals surface area contributed by atoms with Crippen LogP contribution in [0.1, 0.15) is 16.1 Å². The summed E-state index contributed by atoms with van der Waals surface area (Å²) in [6.45, 7) is 5.01. The van der Waals surface area contributed by atoms with Crippen molar-refractivity contribution in [3.63, 3.8) is 0 Å². The number of rotatable bonds is 3. The molecule has 3 heterocycles. The van der Waals surface area contributed by atoms with Crippen molar-refractivity contribution >= 4 is 33.4 Å². The van der Waals surface area contributed by atoms with Crippen LogP contribution in [0, 0.1) is 6.92 Å². The Morgan fingerprint density at radius 2 is 1.87 bits per heavy atom. The van der Waals surface area contributed by atoms with Crippen molar-refractivity contribution in [3.8, 4) is 5.75 Å². The van der Waals surface area contributed by atoms with Gasteiger partial charge < -0.3 is 19.5 Å². The Labute approximate surface area is 175 Å².